The highest BCUT2D eigenvalue weighted by atomic mass is 79.9. The molecule has 130 valence electrons. The Morgan fingerprint density at radius 3 is 2.57 bits per heavy atom. The van der Waals surface area contributed by atoms with Gasteiger partial charge in [0.1, 0.15) is 5.78 Å². The van der Waals surface area contributed by atoms with E-state index in [-0.39, 0.29) is 21.3 Å². The first-order valence-electron chi connectivity index (χ1n) is 9.31. The third-order valence-electron chi connectivity index (χ3n) is 8.47. The number of carbonyl (C=O) groups excluding carboxylic acids is 1. The molecular weight excluding hydrogens is 356 g/mol. The zero-order chi connectivity index (χ0) is 16.6. The molecule has 0 aromatic rings. The molecule has 0 unspecified atom stereocenters. The molecule has 3 nitrogen and oxygen atoms in total. The summed E-state index contributed by atoms with van der Waals surface area (Å²) in [4.78, 5) is 12.5. The van der Waals surface area contributed by atoms with Gasteiger partial charge in [-0.25, -0.2) is 0 Å². The van der Waals surface area contributed by atoms with Crippen molar-refractivity contribution in [2.75, 3.05) is 0 Å². The lowest BCUT2D eigenvalue weighted by Crippen LogP contribution is -2.65. The Morgan fingerprint density at radius 2 is 1.83 bits per heavy atom. The summed E-state index contributed by atoms with van der Waals surface area (Å²) in [7, 11) is 0. The maximum Gasteiger partial charge on any atom is 0.139 e. The summed E-state index contributed by atoms with van der Waals surface area (Å²) in [5, 5.41) is 21.2. The molecule has 0 aromatic carbocycles. The van der Waals surface area contributed by atoms with Crippen molar-refractivity contribution in [2.24, 2.45) is 28.6 Å². The number of aliphatic hydroxyl groups excluding tert-OH is 2. The van der Waals surface area contributed by atoms with Crippen LogP contribution in [-0.4, -0.2) is 32.5 Å². The maximum absolute atomic E-state index is 12.5. The molecule has 2 N–H and O–H groups in total. The second-order valence-electron chi connectivity index (χ2n) is 9.22. The summed E-state index contributed by atoms with van der Waals surface area (Å²) >= 11 is 3.92. The van der Waals surface area contributed by atoms with E-state index in [1.54, 1.807) is 0 Å². The van der Waals surface area contributed by atoms with Crippen LogP contribution in [0.1, 0.15) is 65.2 Å². The Balaban J connectivity index is 1.72. The molecule has 4 heteroatoms. The van der Waals surface area contributed by atoms with Gasteiger partial charge in [0.15, 0.2) is 0 Å². The molecule has 0 aromatic heterocycles. The average molecular weight is 385 g/mol. The highest BCUT2D eigenvalue weighted by Gasteiger charge is 2.66. The number of halogens is 1. The van der Waals surface area contributed by atoms with Crippen molar-refractivity contribution >= 4 is 21.7 Å². The van der Waals surface area contributed by atoms with Crippen molar-refractivity contribution < 1.29 is 15.0 Å². The standard InChI is InChI=1S/C19H29BrO3/c1-17-7-6-14-12(13(17)3-4-15(17)22)9-16(23)19(20)10-11(21)5-8-18(14,19)2/h11-14,16,21,23H,3-10H2,1-2H3/t11-,12-,13-,14-,16+,17-,18+,19-/m0/s1. The van der Waals surface area contributed by atoms with Crippen LogP contribution in [0.3, 0.4) is 0 Å². The summed E-state index contributed by atoms with van der Waals surface area (Å²) in [6.45, 7) is 4.51. The number of rotatable bonds is 0. The van der Waals surface area contributed by atoms with Crippen LogP contribution in [0, 0.1) is 28.6 Å². The monoisotopic (exact) mass is 384 g/mol. The Bertz CT molecular complexity index is 537. The number of ketones is 1. The van der Waals surface area contributed by atoms with E-state index in [0.717, 1.165) is 44.9 Å². The lowest BCUT2D eigenvalue weighted by molar-refractivity contribution is -0.155. The lowest BCUT2D eigenvalue weighted by atomic mass is 9.44. The molecule has 4 rings (SSSR count). The van der Waals surface area contributed by atoms with Gasteiger partial charge in [-0.05, 0) is 68.1 Å². The molecule has 0 saturated heterocycles. The number of hydrogen-bond donors (Lipinski definition) is 2. The van der Waals surface area contributed by atoms with E-state index >= 15 is 0 Å². The minimum atomic E-state index is -0.429. The lowest BCUT2D eigenvalue weighted by Gasteiger charge is -2.64. The van der Waals surface area contributed by atoms with Crippen molar-refractivity contribution in [2.45, 2.75) is 81.7 Å². The Kier molecular flexibility index (Phi) is 3.63. The van der Waals surface area contributed by atoms with E-state index in [9.17, 15) is 15.0 Å². The van der Waals surface area contributed by atoms with Gasteiger partial charge in [-0.2, -0.15) is 0 Å². The van der Waals surface area contributed by atoms with Crippen molar-refractivity contribution in [1.29, 1.82) is 0 Å². The normalized spacial score (nSPS) is 59.2. The van der Waals surface area contributed by atoms with Crippen molar-refractivity contribution in [3.63, 3.8) is 0 Å². The third-order valence-corrected chi connectivity index (χ3v) is 10.2. The summed E-state index contributed by atoms with van der Waals surface area (Å²) in [5.74, 6) is 1.92. The Labute approximate surface area is 147 Å². The van der Waals surface area contributed by atoms with Gasteiger partial charge in [0.2, 0.25) is 0 Å². The number of aliphatic hydroxyl groups is 2. The number of carbonyl (C=O) groups is 1. The van der Waals surface area contributed by atoms with Crippen LogP contribution in [0.15, 0.2) is 0 Å². The Morgan fingerprint density at radius 1 is 1.09 bits per heavy atom. The molecule has 4 aliphatic rings. The second-order valence-corrected chi connectivity index (χ2v) is 10.6. The SMILES string of the molecule is C[C@]12CC[C@H]3[C@@H](C[C@@H](O)[C@@]4(Br)C[C@@H](O)CC[C@]34C)[C@@H]1CCC2=O. The smallest absolute Gasteiger partial charge is 0.139 e. The van der Waals surface area contributed by atoms with E-state index in [2.05, 4.69) is 29.8 Å². The molecule has 0 aliphatic heterocycles. The van der Waals surface area contributed by atoms with Gasteiger partial charge < -0.3 is 10.2 Å². The molecule has 4 saturated carbocycles. The van der Waals surface area contributed by atoms with E-state index < -0.39 is 6.10 Å². The van der Waals surface area contributed by atoms with Crippen LogP contribution in [0.4, 0.5) is 0 Å². The minimum Gasteiger partial charge on any atom is -0.393 e. The number of Topliss-reactive ketones (excluding diaryl/α,β-unsaturated/α-hetero) is 1. The quantitative estimate of drug-likeness (QED) is 0.628. The van der Waals surface area contributed by atoms with Gasteiger partial charge in [-0.3, -0.25) is 4.79 Å². The summed E-state index contributed by atoms with van der Waals surface area (Å²) in [6.07, 6.45) is 6.34. The van der Waals surface area contributed by atoms with Crippen LogP contribution >= 0.6 is 15.9 Å². The van der Waals surface area contributed by atoms with E-state index in [4.69, 9.17) is 0 Å². The molecule has 8 atom stereocenters. The summed E-state index contributed by atoms with van der Waals surface area (Å²) in [6, 6.07) is 0. The first-order valence-corrected chi connectivity index (χ1v) is 10.1. The molecule has 0 heterocycles. The topological polar surface area (TPSA) is 57.5 Å². The molecule has 23 heavy (non-hydrogen) atoms. The van der Waals surface area contributed by atoms with Crippen molar-refractivity contribution in [3.8, 4) is 0 Å². The number of hydrogen-bond acceptors (Lipinski definition) is 3. The van der Waals surface area contributed by atoms with Gasteiger partial charge in [0.25, 0.3) is 0 Å². The summed E-state index contributed by atoms with van der Waals surface area (Å²) < 4.78 is -0.366. The highest BCUT2D eigenvalue weighted by molar-refractivity contribution is 9.10. The van der Waals surface area contributed by atoms with Gasteiger partial charge in [0.05, 0.1) is 16.5 Å². The largest absolute Gasteiger partial charge is 0.393 e. The summed E-state index contributed by atoms with van der Waals surface area (Å²) in [5.41, 5.74) is -0.126. The highest BCUT2D eigenvalue weighted by Crippen LogP contribution is 2.68. The van der Waals surface area contributed by atoms with Crippen LogP contribution in [0.5, 0.6) is 0 Å². The fourth-order valence-electron chi connectivity index (χ4n) is 6.99. The fraction of sp³-hybridized carbons (Fsp3) is 0.947. The molecule has 0 radical (unpaired) electrons. The van der Waals surface area contributed by atoms with Crippen molar-refractivity contribution in [1.82, 2.24) is 0 Å². The van der Waals surface area contributed by atoms with Crippen LogP contribution in [0.2, 0.25) is 0 Å². The number of alkyl halides is 1. The third kappa shape index (κ3) is 1.98. The van der Waals surface area contributed by atoms with Gasteiger partial charge in [0, 0.05) is 11.8 Å². The first kappa shape index (κ1) is 16.5. The van der Waals surface area contributed by atoms with Gasteiger partial charge in [-0.1, -0.05) is 29.8 Å². The van der Waals surface area contributed by atoms with E-state index in [1.165, 1.54) is 0 Å². The predicted octanol–water partition coefficient (Wildman–Crippen LogP) is 3.45. The van der Waals surface area contributed by atoms with Crippen LogP contribution in [0.25, 0.3) is 0 Å². The van der Waals surface area contributed by atoms with E-state index in [1.807, 2.05) is 0 Å². The zero-order valence-electron chi connectivity index (χ0n) is 14.2. The van der Waals surface area contributed by atoms with E-state index in [0.29, 0.717) is 30.0 Å². The molecule has 0 amide bonds. The molecule has 0 bridgehead atoms. The maximum atomic E-state index is 12.5. The van der Waals surface area contributed by atoms with Gasteiger partial charge >= 0.3 is 0 Å². The van der Waals surface area contributed by atoms with Crippen LogP contribution < -0.4 is 0 Å². The molecule has 0 spiro atoms. The second kappa shape index (κ2) is 5.04. The molecule has 4 aliphatic carbocycles. The number of fused-ring (bicyclic) bond motifs is 5. The fourth-order valence-corrected chi connectivity index (χ4v) is 8.04. The first-order chi connectivity index (χ1) is 10.7. The predicted molar refractivity (Wildman–Crippen MR) is 92.3 cm³/mol. The molecular formula is C19H29BrO3. The molecule has 4 fully saturated rings. The average Bonchev–Trinajstić information content (AvgIpc) is 2.79. The zero-order valence-corrected chi connectivity index (χ0v) is 15.8. The van der Waals surface area contributed by atoms with Crippen LogP contribution in [-0.2, 0) is 4.79 Å². The Hall–Kier alpha value is 0.0700. The van der Waals surface area contributed by atoms with Gasteiger partial charge in [-0.15, -0.1) is 0 Å². The minimum absolute atomic E-state index is 0.0154. The van der Waals surface area contributed by atoms with Crippen molar-refractivity contribution in [3.05, 3.63) is 0 Å².